The Kier molecular flexibility index (Phi) is 14.1. The molecule has 0 saturated carbocycles. The summed E-state index contributed by atoms with van der Waals surface area (Å²) in [6.07, 6.45) is 8.85. The van der Waals surface area contributed by atoms with Crippen LogP contribution in [0.2, 0.25) is 0 Å². The molecule has 204 valence electrons. The van der Waals surface area contributed by atoms with Gasteiger partial charge in [-0.1, -0.05) is 67.5 Å². The van der Waals surface area contributed by atoms with Crippen molar-refractivity contribution in [1.29, 1.82) is 0 Å². The monoisotopic (exact) mass is 505 g/mol. The summed E-state index contributed by atoms with van der Waals surface area (Å²) in [7, 11) is 0. The number of pyridine rings is 1. The molecule has 2 aliphatic heterocycles. The number of rotatable bonds is 4. The smallest absolute Gasteiger partial charge is 0.104 e. The van der Waals surface area contributed by atoms with E-state index in [2.05, 4.69) is 103 Å². The topological polar surface area (TPSA) is 50.8 Å². The third kappa shape index (κ3) is 11.0. The van der Waals surface area contributed by atoms with Crippen LogP contribution in [0.25, 0.3) is 0 Å². The Morgan fingerprint density at radius 3 is 1.70 bits per heavy atom. The summed E-state index contributed by atoms with van der Waals surface area (Å²) in [5.41, 5.74) is 9.19. The summed E-state index contributed by atoms with van der Waals surface area (Å²) in [6, 6.07) is 6.15. The largest absolute Gasteiger partial charge is 0.469 e. The van der Waals surface area contributed by atoms with Crippen molar-refractivity contribution in [2.24, 2.45) is 21.8 Å². The van der Waals surface area contributed by atoms with E-state index in [1.54, 1.807) is 6.26 Å². The summed E-state index contributed by atoms with van der Waals surface area (Å²) in [5, 5.41) is 0. The molecule has 4 heterocycles. The lowest BCUT2D eigenvalue weighted by Gasteiger charge is -2.06. The van der Waals surface area contributed by atoms with Gasteiger partial charge < -0.3 is 4.42 Å². The second kappa shape index (κ2) is 16.2. The van der Waals surface area contributed by atoms with Crippen molar-refractivity contribution in [3.05, 3.63) is 76.2 Å². The molecule has 0 amide bonds. The molecule has 4 rings (SSSR count). The first-order chi connectivity index (χ1) is 17.4. The molecule has 0 spiro atoms. The van der Waals surface area contributed by atoms with Gasteiger partial charge in [-0.25, -0.2) is 0 Å². The molecule has 0 radical (unpaired) electrons. The maximum atomic E-state index is 5.13. The standard InChI is InChI=1S/C9H13N.2C8H13N.C8H12O/c1-7(2)9-5-4-6-10-8(9)3;3*1-6(2)8-4-5-9-7(8)3/h4-7H,1-3H3;5-6H,4H2,1-3H3;4,6H,5H2,1-3H3;4-6H,1-3H3. The molecular weight excluding hydrogens is 454 g/mol. The minimum absolute atomic E-state index is 0.587. The average molecular weight is 506 g/mol. The minimum Gasteiger partial charge on any atom is -0.469 e. The summed E-state index contributed by atoms with van der Waals surface area (Å²) in [4.78, 5) is 12.7. The van der Waals surface area contributed by atoms with Gasteiger partial charge in [-0.15, -0.1) is 0 Å². The van der Waals surface area contributed by atoms with Crippen LogP contribution >= 0.6 is 0 Å². The van der Waals surface area contributed by atoms with Crippen LogP contribution in [0.4, 0.5) is 0 Å². The van der Waals surface area contributed by atoms with Gasteiger partial charge in [0.15, 0.2) is 0 Å². The van der Waals surface area contributed by atoms with Crippen molar-refractivity contribution < 1.29 is 4.42 Å². The van der Waals surface area contributed by atoms with Gasteiger partial charge in [-0.2, -0.15) is 0 Å². The lowest BCUT2D eigenvalue weighted by molar-refractivity contribution is 0.527. The van der Waals surface area contributed by atoms with Gasteiger partial charge in [0.1, 0.15) is 5.76 Å². The van der Waals surface area contributed by atoms with Crippen molar-refractivity contribution >= 4 is 11.9 Å². The Bertz CT molecular complexity index is 1070. The predicted octanol–water partition coefficient (Wildman–Crippen LogP) is 9.66. The summed E-state index contributed by atoms with van der Waals surface area (Å²) in [6.45, 7) is 26.7. The molecule has 2 aliphatic rings. The van der Waals surface area contributed by atoms with E-state index < -0.39 is 0 Å². The Labute approximate surface area is 227 Å². The summed E-state index contributed by atoms with van der Waals surface area (Å²) >= 11 is 0. The number of hydrogen-bond donors (Lipinski definition) is 0. The SMILES string of the molecule is CC1=C(C(C)C)CC=N1.CC1=NCC=C1C(C)C.Cc1ncccc1C(C)C.Cc1occc1C(C)C. The number of allylic oxidation sites excluding steroid dienone is 3. The van der Waals surface area contributed by atoms with E-state index in [1.807, 2.05) is 31.5 Å². The normalized spacial score (nSPS) is 14.3. The van der Waals surface area contributed by atoms with Gasteiger partial charge in [0.25, 0.3) is 0 Å². The second-order valence-electron chi connectivity index (χ2n) is 10.9. The fourth-order valence-electron chi connectivity index (χ4n) is 4.44. The van der Waals surface area contributed by atoms with E-state index in [-0.39, 0.29) is 0 Å². The Balaban J connectivity index is 0.000000247. The first-order valence-corrected chi connectivity index (χ1v) is 13.8. The van der Waals surface area contributed by atoms with E-state index in [9.17, 15) is 0 Å². The summed E-state index contributed by atoms with van der Waals surface area (Å²) in [5.74, 6) is 3.55. The number of furan rings is 1. The van der Waals surface area contributed by atoms with Crippen LogP contribution in [-0.2, 0) is 0 Å². The first kappa shape index (κ1) is 32.3. The summed E-state index contributed by atoms with van der Waals surface area (Å²) < 4.78 is 5.13. The lowest BCUT2D eigenvalue weighted by Crippen LogP contribution is -2.00. The van der Waals surface area contributed by atoms with Gasteiger partial charge in [-0.3, -0.25) is 15.0 Å². The molecule has 0 bridgehead atoms. The number of hydrogen-bond acceptors (Lipinski definition) is 4. The molecule has 0 fully saturated rings. The highest BCUT2D eigenvalue weighted by Gasteiger charge is 2.10. The highest BCUT2D eigenvalue weighted by molar-refractivity contribution is 6.00. The van der Waals surface area contributed by atoms with Crippen LogP contribution in [0.5, 0.6) is 0 Å². The molecule has 2 aromatic rings. The third-order valence-corrected chi connectivity index (χ3v) is 6.63. The molecule has 2 aromatic heterocycles. The maximum absolute atomic E-state index is 5.13. The number of aromatic nitrogens is 1. The quantitative estimate of drug-likeness (QED) is 0.415. The lowest BCUT2D eigenvalue weighted by atomic mass is 10.0. The van der Waals surface area contributed by atoms with E-state index in [4.69, 9.17) is 4.42 Å². The van der Waals surface area contributed by atoms with E-state index >= 15 is 0 Å². The van der Waals surface area contributed by atoms with Crippen molar-refractivity contribution in [1.82, 2.24) is 4.98 Å². The molecule has 0 aromatic carbocycles. The zero-order chi connectivity index (χ0) is 28.1. The molecule has 0 atom stereocenters. The molecule has 0 saturated heterocycles. The number of nitrogens with zero attached hydrogens (tertiary/aromatic N) is 3. The van der Waals surface area contributed by atoms with Crippen LogP contribution in [0, 0.1) is 25.7 Å². The zero-order valence-corrected chi connectivity index (χ0v) is 25.5. The van der Waals surface area contributed by atoms with Gasteiger partial charge in [0.05, 0.1) is 12.8 Å². The fraction of sp³-hybridized carbons (Fsp3) is 0.545. The second-order valence-corrected chi connectivity index (χ2v) is 10.9. The van der Waals surface area contributed by atoms with Gasteiger partial charge >= 0.3 is 0 Å². The highest BCUT2D eigenvalue weighted by atomic mass is 16.3. The van der Waals surface area contributed by atoms with Crippen LogP contribution in [0.15, 0.2) is 68.0 Å². The van der Waals surface area contributed by atoms with Crippen LogP contribution in [0.1, 0.15) is 110 Å². The van der Waals surface area contributed by atoms with Crippen molar-refractivity contribution in [2.45, 2.75) is 101 Å². The fourth-order valence-corrected chi connectivity index (χ4v) is 4.44. The minimum atomic E-state index is 0.587. The molecule has 37 heavy (non-hydrogen) atoms. The third-order valence-electron chi connectivity index (χ3n) is 6.63. The van der Waals surface area contributed by atoms with Crippen LogP contribution < -0.4 is 0 Å². The zero-order valence-electron chi connectivity index (χ0n) is 25.5. The van der Waals surface area contributed by atoms with Crippen LogP contribution in [0.3, 0.4) is 0 Å². The first-order valence-electron chi connectivity index (χ1n) is 13.8. The Morgan fingerprint density at radius 1 is 0.784 bits per heavy atom. The Morgan fingerprint density at radius 2 is 1.43 bits per heavy atom. The number of aryl methyl sites for hydroxylation is 2. The Hall–Kier alpha value is -2.75. The maximum Gasteiger partial charge on any atom is 0.104 e. The van der Waals surface area contributed by atoms with E-state index in [0.29, 0.717) is 23.7 Å². The number of aliphatic imine (C=N–C) groups is 2. The van der Waals surface area contributed by atoms with E-state index in [0.717, 1.165) is 24.4 Å². The molecule has 0 aliphatic carbocycles. The average Bonchev–Trinajstić information content (AvgIpc) is 3.56. The van der Waals surface area contributed by atoms with Crippen molar-refractivity contribution in [3.63, 3.8) is 0 Å². The van der Waals surface area contributed by atoms with E-state index in [1.165, 1.54) is 33.7 Å². The molecule has 0 N–H and O–H groups in total. The molecule has 4 heteroatoms. The van der Waals surface area contributed by atoms with Crippen molar-refractivity contribution in [3.8, 4) is 0 Å². The van der Waals surface area contributed by atoms with Gasteiger partial charge in [-0.05, 0) is 85.8 Å². The molecular formula is C33H51N3O. The molecule has 0 unspecified atom stereocenters. The van der Waals surface area contributed by atoms with Crippen LogP contribution in [-0.4, -0.2) is 23.5 Å². The highest BCUT2D eigenvalue weighted by Crippen LogP contribution is 2.22. The predicted molar refractivity (Wildman–Crippen MR) is 162 cm³/mol. The van der Waals surface area contributed by atoms with Gasteiger partial charge in [0.2, 0.25) is 0 Å². The van der Waals surface area contributed by atoms with Gasteiger partial charge in [0, 0.05) is 35.9 Å². The van der Waals surface area contributed by atoms with Crippen molar-refractivity contribution in [2.75, 3.05) is 6.54 Å². The molecule has 4 nitrogen and oxygen atoms in total.